The number of aromatic nitrogens is 2. The van der Waals surface area contributed by atoms with Crippen LogP contribution in [0.15, 0.2) is 67.1 Å². The topological polar surface area (TPSA) is 75.2 Å². The third-order valence-electron chi connectivity index (χ3n) is 4.86. The average molecular weight is 372 g/mol. The predicted molar refractivity (Wildman–Crippen MR) is 105 cm³/mol. The first-order valence-electron chi connectivity index (χ1n) is 9.20. The molecule has 6 nitrogen and oxygen atoms in total. The second-order valence-corrected chi connectivity index (χ2v) is 6.71. The number of pyridine rings is 2. The number of carbonyl (C=O) groups excluding carboxylic acids is 2. The van der Waals surface area contributed by atoms with E-state index in [1.165, 1.54) is 17.3 Å². The summed E-state index contributed by atoms with van der Waals surface area (Å²) in [6, 6.07) is 15.1. The van der Waals surface area contributed by atoms with Gasteiger partial charge >= 0.3 is 0 Å². The normalized spacial score (nSPS) is 12.9. The lowest BCUT2D eigenvalue weighted by atomic mass is 9.99. The van der Waals surface area contributed by atoms with Crippen LogP contribution in [-0.4, -0.2) is 33.2 Å². The van der Waals surface area contributed by atoms with Crippen LogP contribution in [0.4, 0.5) is 0 Å². The van der Waals surface area contributed by atoms with Crippen molar-refractivity contribution in [3.63, 3.8) is 0 Å². The molecule has 0 aliphatic carbocycles. The molecule has 0 bridgehead atoms. The lowest BCUT2D eigenvalue weighted by Crippen LogP contribution is -2.36. The summed E-state index contributed by atoms with van der Waals surface area (Å²) in [6.07, 6.45) is 5.70. The predicted octanol–water partition coefficient (Wildman–Crippen LogP) is 2.61. The summed E-state index contributed by atoms with van der Waals surface area (Å²) in [6.45, 7) is 1.63. The summed E-state index contributed by atoms with van der Waals surface area (Å²) < 4.78 is 0. The molecule has 6 heteroatoms. The molecule has 1 aromatic carbocycles. The van der Waals surface area contributed by atoms with E-state index in [1.54, 1.807) is 24.5 Å². The van der Waals surface area contributed by atoms with E-state index < -0.39 is 0 Å². The van der Waals surface area contributed by atoms with E-state index in [0.717, 1.165) is 12.0 Å². The second kappa shape index (κ2) is 8.00. The Balaban J connectivity index is 1.44. The van der Waals surface area contributed by atoms with Gasteiger partial charge in [-0.2, -0.15) is 0 Å². The van der Waals surface area contributed by atoms with Crippen molar-refractivity contribution >= 4 is 11.8 Å². The molecule has 1 aliphatic rings. The number of fused-ring (bicyclic) bond motifs is 1. The molecule has 3 heterocycles. The molecule has 1 N–H and O–H groups in total. The Morgan fingerprint density at radius 1 is 1.00 bits per heavy atom. The maximum Gasteiger partial charge on any atom is 0.270 e. The van der Waals surface area contributed by atoms with Gasteiger partial charge in [0.2, 0.25) is 0 Å². The lowest BCUT2D eigenvalue weighted by Gasteiger charge is -2.29. The standard InChI is InChI=1S/C22H20N4O2/c27-21(25-14-16-5-9-23-10-6-16)20-13-18(7-11-24-20)22(28)26-12-8-17-3-1-2-4-19(17)15-26/h1-7,9-11,13H,8,12,14-15H2,(H,25,27). The Morgan fingerprint density at radius 2 is 1.79 bits per heavy atom. The number of rotatable bonds is 4. The molecule has 1 aliphatic heterocycles. The molecule has 2 amide bonds. The molecule has 4 rings (SSSR count). The van der Waals surface area contributed by atoms with Gasteiger partial charge in [0, 0.05) is 43.8 Å². The van der Waals surface area contributed by atoms with Crippen molar-refractivity contribution in [2.75, 3.05) is 6.54 Å². The zero-order chi connectivity index (χ0) is 19.3. The quantitative estimate of drug-likeness (QED) is 0.764. The molecule has 3 aromatic rings. The van der Waals surface area contributed by atoms with Gasteiger partial charge in [0.15, 0.2) is 0 Å². The first kappa shape index (κ1) is 17.9. The van der Waals surface area contributed by atoms with Crippen molar-refractivity contribution in [1.82, 2.24) is 20.2 Å². The summed E-state index contributed by atoms with van der Waals surface area (Å²) in [4.78, 5) is 35.2. The third-order valence-corrected chi connectivity index (χ3v) is 4.86. The summed E-state index contributed by atoms with van der Waals surface area (Å²) in [5.74, 6) is -0.393. The zero-order valence-electron chi connectivity index (χ0n) is 15.3. The van der Waals surface area contributed by atoms with Crippen LogP contribution in [0, 0.1) is 0 Å². The first-order chi connectivity index (χ1) is 13.7. The SMILES string of the molecule is O=C(NCc1ccncc1)c1cc(C(=O)N2CCc3ccccc3C2)ccn1. The summed E-state index contributed by atoms with van der Waals surface area (Å²) in [7, 11) is 0. The second-order valence-electron chi connectivity index (χ2n) is 6.71. The van der Waals surface area contributed by atoms with E-state index in [0.29, 0.717) is 25.2 Å². The van der Waals surface area contributed by atoms with Crippen molar-refractivity contribution in [3.8, 4) is 0 Å². The van der Waals surface area contributed by atoms with Gasteiger partial charge in [-0.15, -0.1) is 0 Å². The molecular weight excluding hydrogens is 352 g/mol. The maximum absolute atomic E-state index is 12.9. The van der Waals surface area contributed by atoms with Crippen molar-refractivity contribution in [2.24, 2.45) is 0 Å². The minimum absolute atomic E-state index is 0.0833. The number of amides is 2. The molecular formula is C22H20N4O2. The van der Waals surface area contributed by atoms with E-state index in [4.69, 9.17) is 0 Å². The average Bonchev–Trinajstić information content (AvgIpc) is 2.77. The largest absolute Gasteiger partial charge is 0.347 e. The number of nitrogens with one attached hydrogen (secondary N) is 1. The maximum atomic E-state index is 12.9. The summed E-state index contributed by atoms with van der Waals surface area (Å²) in [5, 5.41) is 2.82. The Labute approximate surface area is 163 Å². The molecule has 0 unspecified atom stereocenters. The molecule has 140 valence electrons. The zero-order valence-corrected chi connectivity index (χ0v) is 15.3. The van der Waals surface area contributed by atoms with E-state index >= 15 is 0 Å². The Morgan fingerprint density at radius 3 is 2.61 bits per heavy atom. The van der Waals surface area contributed by atoms with Crippen molar-refractivity contribution < 1.29 is 9.59 Å². The molecule has 0 saturated carbocycles. The number of carbonyl (C=O) groups is 2. The van der Waals surface area contributed by atoms with Crippen LogP contribution in [0.2, 0.25) is 0 Å². The molecule has 0 saturated heterocycles. The van der Waals surface area contributed by atoms with Gasteiger partial charge < -0.3 is 10.2 Å². The molecule has 28 heavy (non-hydrogen) atoms. The highest BCUT2D eigenvalue weighted by atomic mass is 16.2. The highest BCUT2D eigenvalue weighted by Crippen LogP contribution is 2.20. The molecule has 0 atom stereocenters. The van der Waals surface area contributed by atoms with Crippen molar-refractivity contribution in [3.05, 3.63) is 95.1 Å². The smallest absolute Gasteiger partial charge is 0.270 e. The lowest BCUT2D eigenvalue weighted by molar-refractivity contribution is 0.0734. The first-order valence-corrected chi connectivity index (χ1v) is 9.20. The van der Waals surface area contributed by atoms with E-state index in [2.05, 4.69) is 27.4 Å². The van der Waals surface area contributed by atoms with Gasteiger partial charge in [0.25, 0.3) is 11.8 Å². The number of hydrogen-bond acceptors (Lipinski definition) is 4. The van der Waals surface area contributed by atoms with Crippen LogP contribution in [0.3, 0.4) is 0 Å². The molecule has 0 fully saturated rings. The molecule has 0 spiro atoms. The minimum Gasteiger partial charge on any atom is -0.347 e. The fourth-order valence-electron chi connectivity index (χ4n) is 3.31. The Hall–Kier alpha value is -3.54. The van der Waals surface area contributed by atoms with Gasteiger partial charge in [0.1, 0.15) is 5.69 Å². The number of nitrogens with zero attached hydrogens (tertiary/aromatic N) is 3. The van der Waals surface area contributed by atoms with Gasteiger partial charge in [-0.25, -0.2) is 0 Å². The van der Waals surface area contributed by atoms with Crippen LogP contribution in [-0.2, 0) is 19.5 Å². The molecule has 0 radical (unpaired) electrons. The molecule has 2 aromatic heterocycles. The van der Waals surface area contributed by atoms with Crippen LogP contribution >= 0.6 is 0 Å². The minimum atomic E-state index is -0.310. The highest BCUT2D eigenvalue weighted by molar-refractivity contribution is 5.98. The monoisotopic (exact) mass is 372 g/mol. The highest BCUT2D eigenvalue weighted by Gasteiger charge is 2.22. The van der Waals surface area contributed by atoms with E-state index in [9.17, 15) is 9.59 Å². The summed E-state index contributed by atoms with van der Waals surface area (Å²) in [5.41, 5.74) is 4.12. The van der Waals surface area contributed by atoms with Gasteiger partial charge in [0.05, 0.1) is 0 Å². The van der Waals surface area contributed by atoms with Crippen LogP contribution < -0.4 is 5.32 Å². The van der Waals surface area contributed by atoms with Crippen LogP contribution in [0.25, 0.3) is 0 Å². The fourth-order valence-corrected chi connectivity index (χ4v) is 3.31. The van der Waals surface area contributed by atoms with Crippen LogP contribution in [0.1, 0.15) is 37.5 Å². The van der Waals surface area contributed by atoms with Gasteiger partial charge in [-0.3, -0.25) is 19.6 Å². The third kappa shape index (κ3) is 3.91. The van der Waals surface area contributed by atoms with E-state index in [1.807, 2.05) is 29.2 Å². The van der Waals surface area contributed by atoms with Gasteiger partial charge in [-0.1, -0.05) is 24.3 Å². The van der Waals surface area contributed by atoms with Crippen LogP contribution in [0.5, 0.6) is 0 Å². The van der Waals surface area contributed by atoms with Gasteiger partial charge in [-0.05, 0) is 47.4 Å². The Bertz CT molecular complexity index is 1000. The van der Waals surface area contributed by atoms with Crippen molar-refractivity contribution in [2.45, 2.75) is 19.5 Å². The number of hydrogen-bond donors (Lipinski definition) is 1. The summed E-state index contributed by atoms with van der Waals surface area (Å²) >= 11 is 0. The Kier molecular flexibility index (Phi) is 5.10. The number of benzene rings is 1. The fraction of sp³-hybridized carbons (Fsp3) is 0.182. The van der Waals surface area contributed by atoms with E-state index in [-0.39, 0.29) is 17.5 Å². The van der Waals surface area contributed by atoms with Crippen molar-refractivity contribution in [1.29, 1.82) is 0 Å².